The molecule has 0 unspecified atom stereocenters. The Balaban J connectivity index is 1.61. The second-order valence-corrected chi connectivity index (χ2v) is 6.10. The molecular weight excluding hydrogens is 362 g/mol. The zero-order valence-electron chi connectivity index (χ0n) is 16.3. The Kier molecular flexibility index (Phi) is 5.83. The van der Waals surface area contributed by atoms with Gasteiger partial charge in [-0.2, -0.15) is 10.2 Å². The van der Waals surface area contributed by atoms with Crippen LogP contribution in [0, 0.1) is 6.92 Å². The van der Waals surface area contributed by atoms with Crippen LogP contribution in [0.5, 0.6) is 17.2 Å². The zero-order valence-corrected chi connectivity index (χ0v) is 16.3. The van der Waals surface area contributed by atoms with E-state index in [0.29, 0.717) is 29.5 Å². The number of benzene rings is 1. The van der Waals surface area contributed by atoms with Gasteiger partial charge in [-0.05, 0) is 25.1 Å². The highest BCUT2D eigenvalue weighted by molar-refractivity contribution is 5.92. The zero-order chi connectivity index (χ0) is 20.1. The second-order valence-electron chi connectivity index (χ2n) is 6.10. The molecule has 0 atom stereocenters. The van der Waals surface area contributed by atoms with Gasteiger partial charge in [-0.25, -0.2) is 4.68 Å². The highest BCUT2D eigenvalue weighted by Crippen LogP contribution is 2.36. The normalized spacial score (nSPS) is 10.6. The number of hydrogen-bond acceptors (Lipinski definition) is 6. The molecule has 2 aromatic heterocycles. The first-order chi connectivity index (χ1) is 13.5. The van der Waals surface area contributed by atoms with E-state index in [0.717, 1.165) is 11.3 Å². The Hall–Kier alpha value is -3.49. The first-order valence-electron chi connectivity index (χ1n) is 8.66. The van der Waals surface area contributed by atoms with Gasteiger partial charge in [-0.1, -0.05) is 6.07 Å². The molecule has 9 nitrogen and oxygen atoms in total. The van der Waals surface area contributed by atoms with Gasteiger partial charge in [0.2, 0.25) is 5.75 Å². The van der Waals surface area contributed by atoms with E-state index in [1.165, 1.54) is 4.68 Å². The summed E-state index contributed by atoms with van der Waals surface area (Å²) in [5.41, 5.74) is 2.14. The molecule has 3 aromatic rings. The molecule has 1 N–H and O–H groups in total. The smallest absolute Gasteiger partial charge is 0.272 e. The molecule has 0 saturated heterocycles. The molecule has 0 aliphatic heterocycles. The van der Waals surface area contributed by atoms with Gasteiger partial charge in [-0.15, -0.1) is 0 Å². The summed E-state index contributed by atoms with van der Waals surface area (Å²) in [5.74, 6) is 1.31. The maximum absolute atomic E-state index is 12.3. The van der Waals surface area contributed by atoms with Crippen molar-refractivity contribution in [3.8, 4) is 17.2 Å². The quantitative estimate of drug-likeness (QED) is 0.637. The number of para-hydroxylation sites is 1. The van der Waals surface area contributed by atoms with E-state index in [4.69, 9.17) is 14.2 Å². The number of nitrogens with one attached hydrogen (secondary N) is 1. The topological polar surface area (TPSA) is 92.4 Å². The summed E-state index contributed by atoms with van der Waals surface area (Å²) in [6, 6.07) is 7.00. The summed E-state index contributed by atoms with van der Waals surface area (Å²) in [6.45, 7) is 2.39. The molecule has 0 saturated carbocycles. The summed E-state index contributed by atoms with van der Waals surface area (Å²) in [4.78, 5) is 12.3. The maximum atomic E-state index is 12.3. The van der Waals surface area contributed by atoms with Crippen molar-refractivity contribution in [3.63, 3.8) is 0 Å². The minimum Gasteiger partial charge on any atom is -0.493 e. The van der Waals surface area contributed by atoms with E-state index in [9.17, 15) is 4.79 Å². The number of rotatable bonds is 8. The van der Waals surface area contributed by atoms with Crippen LogP contribution in [-0.4, -0.2) is 39.7 Å². The number of aromatic nitrogens is 4. The first-order valence-corrected chi connectivity index (χ1v) is 8.66. The van der Waals surface area contributed by atoms with Crippen molar-refractivity contribution in [1.82, 2.24) is 24.9 Å². The second kappa shape index (κ2) is 8.47. The van der Waals surface area contributed by atoms with Crippen LogP contribution >= 0.6 is 0 Å². The molecular formula is C19H23N5O4. The lowest BCUT2D eigenvalue weighted by molar-refractivity contribution is 0.0943. The highest BCUT2D eigenvalue weighted by atomic mass is 16.5. The number of ether oxygens (including phenoxy) is 3. The molecule has 3 rings (SSSR count). The van der Waals surface area contributed by atoms with E-state index in [1.54, 1.807) is 43.3 Å². The van der Waals surface area contributed by atoms with Crippen molar-refractivity contribution in [2.45, 2.75) is 20.2 Å². The molecule has 0 aliphatic rings. The van der Waals surface area contributed by atoms with Crippen LogP contribution in [0.2, 0.25) is 0 Å². The Morgan fingerprint density at radius 2 is 1.86 bits per heavy atom. The van der Waals surface area contributed by atoms with E-state index in [1.807, 2.05) is 26.2 Å². The Bertz CT molecular complexity index is 941. The lowest BCUT2D eigenvalue weighted by Crippen LogP contribution is -2.23. The molecule has 1 amide bonds. The average Bonchev–Trinajstić information content (AvgIpc) is 3.30. The Morgan fingerprint density at radius 3 is 2.46 bits per heavy atom. The first kappa shape index (κ1) is 19.3. The number of aryl methyl sites for hydroxylation is 2. The van der Waals surface area contributed by atoms with Crippen molar-refractivity contribution in [1.29, 1.82) is 0 Å². The molecule has 9 heteroatoms. The van der Waals surface area contributed by atoms with Gasteiger partial charge in [0.15, 0.2) is 18.2 Å². The number of nitrogens with zero attached hydrogens (tertiary/aromatic N) is 4. The average molecular weight is 385 g/mol. The number of carbonyl (C=O) groups excluding carboxylic acids is 1. The Morgan fingerprint density at radius 1 is 1.14 bits per heavy atom. The summed E-state index contributed by atoms with van der Waals surface area (Å²) >= 11 is 0. The lowest BCUT2D eigenvalue weighted by Gasteiger charge is -2.13. The fraction of sp³-hybridized carbons (Fsp3) is 0.316. The molecule has 0 radical (unpaired) electrons. The molecule has 0 aliphatic carbocycles. The summed E-state index contributed by atoms with van der Waals surface area (Å²) in [5, 5.41) is 11.4. The van der Waals surface area contributed by atoms with Crippen molar-refractivity contribution in [3.05, 3.63) is 53.6 Å². The van der Waals surface area contributed by atoms with E-state index >= 15 is 0 Å². The summed E-state index contributed by atoms with van der Waals surface area (Å²) < 4.78 is 19.6. The third-order valence-corrected chi connectivity index (χ3v) is 4.15. The fourth-order valence-corrected chi connectivity index (χ4v) is 2.73. The SMILES string of the molecule is COc1cccc(OC)c1OCn1ccc(C(=O)NCc2cn(C)nc2C)n1. The van der Waals surface area contributed by atoms with Crippen LogP contribution in [0.15, 0.2) is 36.7 Å². The van der Waals surface area contributed by atoms with Crippen LogP contribution in [-0.2, 0) is 20.3 Å². The monoisotopic (exact) mass is 385 g/mol. The van der Waals surface area contributed by atoms with E-state index in [2.05, 4.69) is 15.5 Å². The largest absolute Gasteiger partial charge is 0.493 e. The van der Waals surface area contributed by atoms with Gasteiger partial charge in [0.25, 0.3) is 5.91 Å². The van der Waals surface area contributed by atoms with Crippen LogP contribution in [0.1, 0.15) is 21.7 Å². The van der Waals surface area contributed by atoms with Crippen molar-refractivity contribution in [2.75, 3.05) is 14.2 Å². The molecule has 148 valence electrons. The lowest BCUT2D eigenvalue weighted by atomic mass is 10.2. The highest BCUT2D eigenvalue weighted by Gasteiger charge is 2.14. The third-order valence-electron chi connectivity index (χ3n) is 4.15. The van der Waals surface area contributed by atoms with Gasteiger partial charge in [0.1, 0.15) is 5.69 Å². The third kappa shape index (κ3) is 4.25. The predicted molar refractivity (Wildman–Crippen MR) is 102 cm³/mol. The van der Waals surface area contributed by atoms with Gasteiger partial charge in [0, 0.05) is 31.5 Å². The summed E-state index contributed by atoms with van der Waals surface area (Å²) in [7, 11) is 4.96. The number of carbonyl (C=O) groups is 1. The van der Waals surface area contributed by atoms with Crippen molar-refractivity contribution < 1.29 is 19.0 Å². The van der Waals surface area contributed by atoms with Gasteiger partial charge < -0.3 is 19.5 Å². The number of hydrogen-bond donors (Lipinski definition) is 1. The van der Waals surface area contributed by atoms with Crippen molar-refractivity contribution in [2.24, 2.45) is 7.05 Å². The summed E-state index contributed by atoms with van der Waals surface area (Å²) in [6.07, 6.45) is 3.55. The minimum atomic E-state index is -0.267. The molecule has 2 heterocycles. The van der Waals surface area contributed by atoms with Gasteiger partial charge in [0.05, 0.1) is 19.9 Å². The predicted octanol–water partition coefficient (Wildman–Crippen LogP) is 1.91. The Labute approximate surface area is 162 Å². The molecule has 0 bridgehead atoms. The maximum Gasteiger partial charge on any atom is 0.272 e. The van der Waals surface area contributed by atoms with E-state index < -0.39 is 0 Å². The minimum absolute atomic E-state index is 0.103. The van der Waals surface area contributed by atoms with Crippen molar-refractivity contribution >= 4 is 5.91 Å². The molecule has 1 aromatic carbocycles. The van der Waals surface area contributed by atoms with Crippen LogP contribution in [0.4, 0.5) is 0 Å². The molecule has 28 heavy (non-hydrogen) atoms. The fourth-order valence-electron chi connectivity index (χ4n) is 2.73. The van der Waals surface area contributed by atoms with Gasteiger partial charge in [-0.3, -0.25) is 9.48 Å². The number of amides is 1. The van der Waals surface area contributed by atoms with Gasteiger partial charge >= 0.3 is 0 Å². The van der Waals surface area contributed by atoms with Crippen LogP contribution in [0.25, 0.3) is 0 Å². The molecule has 0 spiro atoms. The van der Waals surface area contributed by atoms with Crippen LogP contribution < -0.4 is 19.5 Å². The number of methoxy groups -OCH3 is 2. The standard InChI is InChI=1S/C19H23N5O4/c1-13-14(11-23(2)21-13)10-20-19(25)15-8-9-24(22-15)12-28-18-16(26-3)6-5-7-17(18)27-4/h5-9,11H,10,12H2,1-4H3,(H,20,25). The van der Waals surface area contributed by atoms with E-state index in [-0.39, 0.29) is 12.6 Å². The van der Waals surface area contributed by atoms with Crippen LogP contribution in [0.3, 0.4) is 0 Å². The molecule has 0 fully saturated rings.